The number of ether oxygens (including phenoxy) is 1. The zero-order valence-corrected chi connectivity index (χ0v) is 13.7. The molecule has 23 heavy (non-hydrogen) atoms. The highest BCUT2D eigenvalue weighted by molar-refractivity contribution is 5.95. The van der Waals surface area contributed by atoms with Crippen LogP contribution in [-0.2, 0) is 13.0 Å². The number of carbonyl (C=O) groups excluding carboxylic acids is 1. The smallest absolute Gasteiger partial charge is 0.287 e. The second kappa shape index (κ2) is 8.33. The number of rotatable bonds is 8. The molecule has 0 radical (unpaired) electrons. The monoisotopic (exact) mass is 316 g/mol. The fraction of sp³-hybridized carbons (Fsp3) is 0.412. The Morgan fingerprint density at radius 3 is 2.74 bits per heavy atom. The van der Waals surface area contributed by atoms with Gasteiger partial charge in [-0.2, -0.15) is 5.10 Å². The van der Waals surface area contributed by atoms with Crippen molar-refractivity contribution in [3.05, 3.63) is 47.3 Å². The number of nitrogens with zero attached hydrogens (tertiary/aromatic N) is 2. The van der Waals surface area contributed by atoms with Gasteiger partial charge in [0.25, 0.3) is 5.91 Å². The van der Waals surface area contributed by atoms with Crippen molar-refractivity contribution in [2.45, 2.75) is 39.7 Å². The fourth-order valence-electron chi connectivity index (χ4n) is 2.39. The number of unbranched alkanes of at least 4 members (excludes halogenated alkanes) is 1. The first-order valence-corrected chi connectivity index (χ1v) is 7.92. The van der Waals surface area contributed by atoms with Gasteiger partial charge in [-0.15, -0.1) is 0 Å². The van der Waals surface area contributed by atoms with Crippen LogP contribution in [0.25, 0.3) is 0 Å². The van der Waals surface area contributed by atoms with E-state index in [9.17, 15) is 4.79 Å². The third-order valence-corrected chi connectivity index (χ3v) is 3.62. The summed E-state index contributed by atoms with van der Waals surface area (Å²) in [6.45, 7) is 5.08. The second-order valence-corrected chi connectivity index (χ2v) is 5.40. The number of aryl methyl sites for hydroxylation is 3. The molecule has 1 amide bonds. The van der Waals surface area contributed by atoms with E-state index in [1.54, 1.807) is 4.68 Å². The number of nitrogens with one attached hydrogen (secondary N) is 1. The lowest BCUT2D eigenvalue weighted by Crippen LogP contribution is -2.32. The predicted molar refractivity (Wildman–Crippen MR) is 89.2 cm³/mol. The average molecular weight is 316 g/mol. The molecule has 2 aromatic rings. The number of hydrazine groups is 1. The quantitative estimate of drug-likeness (QED) is 0.338. The molecular weight excluding hydrogens is 292 g/mol. The van der Waals surface area contributed by atoms with E-state index in [-0.39, 0.29) is 5.91 Å². The minimum absolute atomic E-state index is 0.384. The number of nitrogen functional groups attached to an aromatic ring is 1. The van der Waals surface area contributed by atoms with Crippen molar-refractivity contribution in [2.24, 2.45) is 5.84 Å². The molecule has 3 N–H and O–H groups in total. The lowest BCUT2D eigenvalue weighted by molar-refractivity contribution is 0.0938. The molecule has 2 rings (SSSR count). The van der Waals surface area contributed by atoms with Gasteiger partial charge in [0, 0.05) is 6.54 Å². The summed E-state index contributed by atoms with van der Waals surface area (Å²) in [6, 6.07) is 10.1. The number of benzene rings is 1. The molecule has 0 spiro atoms. The molecule has 0 aliphatic carbocycles. The average Bonchev–Trinajstić information content (AvgIpc) is 2.89. The molecule has 0 bridgehead atoms. The number of hydrogen-bond acceptors (Lipinski definition) is 4. The SMILES string of the molecule is CCCCOc1c(C)nn(CCc2ccccc2)c1C(=O)NN. The molecule has 1 aromatic heterocycles. The summed E-state index contributed by atoms with van der Waals surface area (Å²) in [5.41, 5.74) is 4.46. The van der Waals surface area contributed by atoms with Crippen molar-refractivity contribution in [2.75, 3.05) is 6.61 Å². The summed E-state index contributed by atoms with van der Waals surface area (Å²) < 4.78 is 7.44. The lowest BCUT2D eigenvalue weighted by atomic mass is 10.1. The van der Waals surface area contributed by atoms with Crippen molar-refractivity contribution >= 4 is 5.91 Å². The van der Waals surface area contributed by atoms with Gasteiger partial charge in [-0.25, -0.2) is 5.84 Å². The van der Waals surface area contributed by atoms with Gasteiger partial charge < -0.3 is 4.74 Å². The van der Waals surface area contributed by atoms with E-state index < -0.39 is 0 Å². The molecule has 1 heterocycles. The van der Waals surface area contributed by atoms with Gasteiger partial charge in [-0.3, -0.25) is 14.9 Å². The Hall–Kier alpha value is -2.34. The van der Waals surface area contributed by atoms with Crippen LogP contribution in [0.4, 0.5) is 0 Å². The highest BCUT2D eigenvalue weighted by atomic mass is 16.5. The first kappa shape index (κ1) is 17.0. The van der Waals surface area contributed by atoms with Crippen molar-refractivity contribution in [3.8, 4) is 5.75 Å². The summed E-state index contributed by atoms with van der Waals surface area (Å²) in [4.78, 5) is 12.1. The minimum Gasteiger partial charge on any atom is -0.489 e. The van der Waals surface area contributed by atoms with Gasteiger partial charge in [0.15, 0.2) is 11.4 Å². The maximum atomic E-state index is 12.1. The largest absolute Gasteiger partial charge is 0.489 e. The first-order valence-electron chi connectivity index (χ1n) is 7.92. The first-order chi connectivity index (χ1) is 11.2. The Morgan fingerprint density at radius 2 is 2.09 bits per heavy atom. The maximum absolute atomic E-state index is 12.1. The van der Waals surface area contributed by atoms with Gasteiger partial charge in [-0.1, -0.05) is 43.7 Å². The van der Waals surface area contributed by atoms with Gasteiger partial charge in [0.05, 0.1) is 6.61 Å². The Labute approximate surface area is 136 Å². The van der Waals surface area contributed by atoms with Crippen LogP contribution in [0, 0.1) is 6.92 Å². The molecule has 0 fully saturated rings. The second-order valence-electron chi connectivity index (χ2n) is 5.40. The summed E-state index contributed by atoms with van der Waals surface area (Å²) in [5.74, 6) is 5.46. The topological polar surface area (TPSA) is 82.2 Å². The lowest BCUT2D eigenvalue weighted by Gasteiger charge is -2.09. The van der Waals surface area contributed by atoms with E-state index in [1.807, 2.05) is 25.1 Å². The number of carbonyl (C=O) groups is 1. The zero-order valence-electron chi connectivity index (χ0n) is 13.7. The van der Waals surface area contributed by atoms with Gasteiger partial charge in [0.2, 0.25) is 0 Å². The van der Waals surface area contributed by atoms with Crippen LogP contribution in [0.5, 0.6) is 5.75 Å². The van der Waals surface area contributed by atoms with Crippen molar-refractivity contribution < 1.29 is 9.53 Å². The molecule has 0 atom stereocenters. The molecular formula is C17H24N4O2. The Bertz CT molecular complexity index is 638. The summed E-state index contributed by atoms with van der Waals surface area (Å²) in [7, 11) is 0. The summed E-state index contributed by atoms with van der Waals surface area (Å²) in [6.07, 6.45) is 2.74. The molecule has 0 aliphatic heterocycles. The number of hydrogen-bond donors (Lipinski definition) is 2. The van der Waals surface area contributed by atoms with Crippen LogP contribution < -0.4 is 16.0 Å². The summed E-state index contributed by atoms with van der Waals surface area (Å²) in [5, 5.41) is 4.45. The highest BCUT2D eigenvalue weighted by Gasteiger charge is 2.22. The third-order valence-electron chi connectivity index (χ3n) is 3.62. The Kier molecular flexibility index (Phi) is 6.17. The van der Waals surface area contributed by atoms with Crippen LogP contribution in [0.15, 0.2) is 30.3 Å². The fourth-order valence-corrected chi connectivity index (χ4v) is 2.39. The molecule has 1 aromatic carbocycles. The van der Waals surface area contributed by atoms with Crippen LogP contribution in [-0.4, -0.2) is 22.3 Å². The molecule has 0 unspecified atom stereocenters. The molecule has 6 nitrogen and oxygen atoms in total. The van der Waals surface area contributed by atoms with Crippen LogP contribution in [0.3, 0.4) is 0 Å². The van der Waals surface area contributed by atoms with Crippen molar-refractivity contribution in [1.29, 1.82) is 0 Å². The Morgan fingerprint density at radius 1 is 1.35 bits per heavy atom. The van der Waals surface area contributed by atoms with E-state index in [2.05, 4.69) is 29.6 Å². The Balaban J connectivity index is 2.20. The van der Waals surface area contributed by atoms with E-state index >= 15 is 0 Å². The van der Waals surface area contributed by atoms with Crippen LogP contribution in [0.2, 0.25) is 0 Å². The summed E-state index contributed by atoms with van der Waals surface area (Å²) >= 11 is 0. The van der Waals surface area contributed by atoms with Crippen LogP contribution >= 0.6 is 0 Å². The van der Waals surface area contributed by atoms with E-state index in [4.69, 9.17) is 10.6 Å². The zero-order chi connectivity index (χ0) is 16.7. The number of nitrogens with two attached hydrogens (primary N) is 1. The number of aromatic nitrogens is 2. The highest BCUT2D eigenvalue weighted by Crippen LogP contribution is 2.24. The minimum atomic E-state index is -0.384. The van der Waals surface area contributed by atoms with Gasteiger partial charge in [-0.05, 0) is 25.3 Å². The molecule has 0 aliphatic rings. The van der Waals surface area contributed by atoms with E-state index in [0.29, 0.717) is 30.3 Å². The molecule has 6 heteroatoms. The number of amides is 1. The normalized spacial score (nSPS) is 10.6. The molecule has 0 saturated carbocycles. The maximum Gasteiger partial charge on any atom is 0.287 e. The standard InChI is InChI=1S/C17H24N4O2/c1-3-4-12-23-16-13(2)20-21(15(16)17(22)19-18)11-10-14-8-6-5-7-9-14/h5-9H,3-4,10-12,18H2,1-2H3,(H,19,22). The van der Waals surface area contributed by atoms with E-state index in [0.717, 1.165) is 19.3 Å². The van der Waals surface area contributed by atoms with E-state index in [1.165, 1.54) is 5.56 Å². The van der Waals surface area contributed by atoms with Gasteiger partial charge in [0.1, 0.15) is 5.69 Å². The molecule has 124 valence electrons. The van der Waals surface area contributed by atoms with Crippen molar-refractivity contribution in [1.82, 2.24) is 15.2 Å². The van der Waals surface area contributed by atoms with Crippen molar-refractivity contribution in [3.63, 3.8) is 0 Å². The van der Waals surface area contributed by atoms with Gasteiger partial charge >= 0.3 is 0 Å². The molecule has 0 saturated heterocycles. The third kappa shape index (κ3) is 4.32. The predicted octanol–water partition coefficient (Wildman–Crippen LogP) is 2.22. The van der Waals surface area contributed by atoms with Crippen LogP contribution in [0.1, 0.15) is 41.5 Å².